The van der Waals surface area contributed by atoms with E-state index in [9.17, 15) is 18.0 Å². The van der Waals surface area contributed by atoms with Crippen molar-refractivity contribution in [3.05, 3.63) is 66.2 Å². The molecule has 9 heteroatoms. The normalized spacial score (nSPS) is 17.0. The van der Waals surface area contributed by atoms with Gasteiger partial charge in [-0.2, -0.15) is 0 Å². The molecule has 1 fully saturated rings. The Morgan fingerprint density at radius 2 is 1.77 bits per heavy atom. The van der Waals surface area contributed by atoms with Crippen molar-refractivity contribution >= 4 is 33.0 Å². The molecule has 182 valence electrons. The molecule has 3 aromatic rings. The molecule has 2 aromatic carbocycles. The number of carbonyl (C=O) groups excluding carboxylic acids is 2. The predicted molar refractivity (Wildman–Crippen MR) is 133 cm³/mol. The van der Waals surface area contributed by atoms with E-state index in [1.807, 2.05) is 30.3 Å². The molecule has 2 heterocycles. The summed E-state index contributed by atoms with van der Waals surface area (Å²) in [5.41, 5.74) is 5.33. The Bertz CT molecular complexity index is 1320. The fraction of sp³-hybridized carbons (Fsp3) is 0.346. The van der Waals surface area contributed by atoms with Crippen molar-refractivity contribution in [3.63, 3.8) is 0 Å². The summed E-state index contributed by atoms with van der Waals surface area (Å²) >= 11 is 0. The van der Waals surface area contributed by atoms with Gasteiger partial charge in [-0.3, -0.25) is 9.59 Å². The van der Waals surface area contributed by atoms with Crippen molar-refractivity contribution in [3.8, 4) is 11.3 Å². The van der Waals surface area contributed by atoms with Crippen LogP contribution >= 0.6 is 0 Å². The fourth-order valence-corrected chi connectivity index (χ4v) is 6.29. The molecule has 1 aliphatic carbocycles. The first-order valence-electron chi connectivity index (χ1n) is 11.8. The highest BCUT2D eigenvalue weighted by atomic mass is 32.2. The maximum absolute atomic E-state index is 13.5. The highest BCUT2D eigenvalue weighted by Crippen LogP contribution is 2.30. The molecule has 0 atom stereocenters. The van der Waals surface area contributed by atoms with Gasteiger partial charge in [0.2, 0.25) is 11.8 Å². The second-order valence-corrected chi connectivity index (χ2v) is 11.5. The molecule has 1 saturated heterocycles. The number of nitrogens with zero attached hydrogens (tertiary/aromatic N) is 2. The molecule has 0 bridgehead atoms. The predicted octanol–water partition coefficient (Wildman–Crippen LogP) is 3.63. The van der Waals surface area contributed by atoms with Crippen LogP contribution in [0.2, 0.25) is 0 Å². The Hall–Kier alpha value is -3.46. The summed E-state index contributed by atoms with van der Waals surface area (Å²) in [6.07, 6.45) is 6.53. The van der Waals surface area contributed by atoms with Gasteiger partial charge >= 0.3 is 0 Å². The van der Waals surface area contributed by atoms with E-state index >= 15 is 0 Å². The molecule has 8 nitrogen and oxygen atoms in total. The standard InChI is InChI=1S/C26H27N3O5S/c30-25(28-22-7-4-19(5-8-22)24-16-34-17-27-24)15-29(23-9-6-18-2-1-3-21(18)14-23)26(31)20-10-12-35(32,33)13-11-20/h4-9,14,16-17,20H,1-3,10-13,15H2,(H,28,30). The van der Waals surface area contributed by atoms with E-state index in [1.54, 1.807) is 18.4 Å². The van der Waals surface area contributed by atoms with Gasteiger partial charge in [-0.05, 0) is 67.5 Å². The molecule has 5 rings (SSSR count). The lowest BCUT2D eigenvalue weighted by Gasteiger charge is -2.29. The third kappa shape index (κ3) is 5.30. The van der Waals surface area contributed by atoms with E-state index in [1.165, 1.54) is 22.4 Å². The van der Waals surface area contributed by atoms with Crippen LogP contribution < -0.4 is 10.2 Å². The molecule has 1 N–H and O–H groups in total. The number of amides is 2. The van der Waals surface area contributed by atoms with Crippen molar-refractivity contribution in [1.29, 1.82) is 0 Å². The molecular weight excluding hydrogens is 466 g/mol. The summed E-state index contributed by atoms with van der Waals surface area (Å²) in [6, 6.07) is 13.1. The average Bonchev–Trinajstić information content (AvgIpc) is 3.54. The number of rotatable bonds is 6. The lowest BCUT2D eigenvalue weighted by Crippen LogP contribution is -2.43. The van der Waals surface area contributed by atoms with Crippen molar-refractivity contribution in [1.82, 2.24) is 4.98 Å². The van der Waals surface area contributed by atoms with E-state index in [0.717, 1.165) is 24.8 Å². The Labute approximate surface area is 204 Å². The minimum Gasteiger partial charge on any atom is -0.451 e. The van der Waals surface area contributed by atoms with Gasteiger partial charge in [0.1, 0.15) is 28.3 Å². The van der Waals surface area contributed by atoms with Gasteiger partial charge in [-0.15, -0.1) is 0 Å². The van der Waals surface area contributed by atoms with Gasteiger partial charge in [-0.1, -0.05) is 18.2 Å². The molecular formula is C26H27N3O5S. The molecule has 0 spiro atoms. The van der Waals surface area contributed by atoms with Gasteiger partial charge in [0.25, 0.3) is 0 Å². The number of hydrogen-bond acceptors (Lipinski definition) is 6. The maximum atomic E-state index is 13.5. The second-order valence-electron chi connectivity index (χ2n) is 9.16. The number of benzene rings is 2. The first-order valence-corrected chi connectivity index (χ1v) is 13.6. The number of oxazole rings is 1. The van der Waals surface area contributed by atoms with Crippen LogP contribution in [0.4, 0.5) is 11.4 Å². The van der Waals surface area contributed by atoms with Gasteiger partial charge in [0, 0.05) is 22.9 Å². The lowest BCUT2D eigenvalue weighted by atomic mass is 10.00. The Balaban J connectivity index is 1.33. The third-order valence-corrected chi connectivity index (χ3v) is 8.48. The third-order valence-electron chi connectivity index (χ3n) is 6.76. The molecule has 1 aliphatic heterocycles. The summed E-state index contributed by atoms with van der Waals surface area (Å²) < 4.78 is 28.7. The molecule has 2 aliphatic rings. The minimum absolute atomic E-state index is 0.00546. The van der Waals surface area contributed by atoms with Crippen LogP contribution in [0.15, 0.2) is 59.5 Å². The van der Waals surface area contributed by atoms with Crippen LogP contribution in [0.1, 0.15) is 30.4 Å². The van der Waals surface area contributed by atoms with E-state index in [2.05, 4.69) is 10.3 Å². The number of nitrogens with one attached hydrogen (secondary N) is 1. The van der Waals surface area contributed by atoms with Crippen LogP contribution in [-0.2, 0) is 32.3 Å². The SMILES string of the molecule is O=C(CN(C(=O)C1CCS(=O)(=O)CC1)c1ccc2c(c1)CCC2)Nc1ccc(-c2cocn2)cc1. The summed E-state index contributed by atoms with van der Waals surface area (Å²) in [7, 11) is -3.09. The Morgan fingerprint density at radius 1 is 1.03 bits per heavy atom. The van der Waals surface area contributed by atoms with Gasteiger partial charge in [-0.25, -0.2) is 13.4 Å². The van der Waals surface area contributed by atoms with Crippen LogP contribution in [0, 0.1) is 5.92 Å². The second kappa shape index (κ2) is 9.65. The van der Waals surface area contributed by atoms with Gasteiger partial charge in [0.05, 0.1) is 11.5 Å². The van der Waals surface area contributed by atoms with E-state index < -0.39 is 15.8 Å². The first kappa shape index (κ1) is 23.3. The summed E-state index contributed by atoms with van der Waals surface area (Å²) in [5, 5.41) is 2.87. The number of fused-ring (bicyclic) bond motifs is 1. The van der Waals surface area contributed by atoms with Crippen molar-refractivity contribution < 1.29 is 22.4 Å². The van der Waals surface area contributed by atoms with Crippen LogP contribution in [0.5, 0.6) is 0 Å². The molecule has 0 radical (unpaired) electrons. The van der Waals surface area contributed by atoms with Crippen molar-refractivity contribution in [2.24, 2.45) is 5.92 Å². The van der Waals surface area contributed by atoms with E-state index in [4.69, 9.17) is 4.42 Å². The largest absolute Gasteiger partial charge is 0.451 e. The van der Waals surface area contributed by atoms with Crippen molar-refractivity contribution in [2.75, 3.05) is 28.3 Å². The molecule has 0 saturated carbocycles. The zero-order valence-electron chi connectivity index (χ0n) is 19.3. The fourth-order valence-electron chi connectivity index (χ4n) is 4.80. The van der Waals surface area contributed by atoms with Gasteiger partial charge < -0.3 is 14.6 Å². The molecule has 0 unspecified atom stereocenters. The molecule has 1 aromatic heterocycles. The smallest absolute Gasteiger partial charge is 0.244 e. The summed E-state index contributed by atoms with van der Waals surface area (Å²) in [4.78, 5) is 32.1. The number of aryl methyl sites for hydroxylation is 2. The van der Waals surface area contributed by atoms with Gasteiger partial charge in [0.15, 0.2) is 6.39 Å². The number of anilines is 2. The number of sulfone groups is 1. The first-order chi connectivity index (χ1) is 16.9. The van der Waals surface area contributed by atoms with Crippen LogP contribution in [-0.4, -0.2) is 43.3 Å². The number of aromatic nitrogens is 1. The minimum atomic E-state index is -3.09. The highest BCUT2D eigenvalue weighted by Gasteiger charge is 2.33. The number of carbonyl (C=O) groups is 2. The van der Waals surface area contributed by atoms with Crippen LogP contribution in [0.3, 0.4) is 0 Å². The quantitative estimate of drug-likeness (QED) is 0.562. The van der Waals surface area contributed by atoms with Crippen molar-refractivity contribution in [2.45, 2.75) is 32.1 Å². The number of hydrogen-bond donors (Lipinski definition) is 1. The van der Waals surface area contributed by atoms with E-state index in [0.29, 0.717) is 17.1 Å². The average molecular weight is 494 g/mol. The zero-order chi connectivity index (χ0) is 24.4. The Morgan fingerprint density at radius 3 is 2.49 bits per heavy atom. The topological polar surface area (TPSA) is 110 Å². The molecule has 2 amide bonds. The summed E-state index contributed by atoms with van der Waals surface area (Å²) in [5.74, 6) is -0.927. The van der Waals surface area contributed by atoms with Crippen LogP contribution in [0.25, 0.3) is 11.3 Å². The van der Waals surface area contributed by atoms with E-state index in [-0.39, 0.29) is 42.7 Å². The zero-order valence-corrected chi connectivity index (χ0v) is 20.1. The lowest BCUT2D eigenvalue weighted by molar-refractivity contribution is -0.124. The monoisotopic (exact) mass is 493 g/mol. The maximum Gasteiger partial charge on any atom is 0.244 e. The summed E-state index contributed by atoms with van der Waals surface area (Å²) in [6.45, 7) is -0.147. The molecule has 35 heavy (non-hydrogen) atoms. The Kier molecular flexibility index (Phi) is 6.42. The highest BCUT2D eigenvalue weighted by molar-refractivity contribution is 7.91.